The van der Waals surface area contributed by atoms with E-state index in [1.807, 2.05) is 36.4 Å². The number of rotatable bonds is 6. The molecule has 27 heavy (non-hydrogen) atoms. The third-order valence-corrected chi connectivity index (χ3v) is 4.50. The van der Waals surface area contributed by atoms with Crippen molar-refractivity contribution in [3.63, 3.8) is 0 Å². The van der Waals surface area contributed by atoms with Gasteiger partial charge in [-0.2, -0.15) is 0 Å². The lowest BCUT2D eigenvalue weighted by Gasteiger charge is -2.19. The molecule has 0 bridgehead atoms. The van der Waals surface area contributed by atoms with Crippen LogP contribution < -0.4 is 15.4 Å². The van der Waals surface area contributed by atoms with E-state index in [4.69, 9.17) is 4.74 Å². The second-order valence-corrected chi connectivity index (χ2v) is 6.45. The Balaban J connectivity index is 1.45. The van der Waals surface area contributed by atoms with Gasteiger partial charge in [0, 0.05) is 18.0 Å². The molecule has 1 atom stereocenters. The lowest BCUT2D eigenvalue weighted by molar-refractivity contribution is 0.247. The van der Waals surface area contributed by atoms with E-state index in [-0.39, 0.29) is 12.1 Å². The molecular weight excluding hydrogens is 344 g/mol. The van der Waals surface area contributed by atoms with Crippen molar-refractivity contribution in [3.8, 4) is 11.6 Å². The Kier molecular flexibility index (Phi) is 4.69. The summed E-state index contributed by atoms with van der Waals surface area (Å²) >= 11 is 0. The third-order valence-electron chi connectivity index (χ3n) is 4.50. The molecule has 2 amide bonds. The zero-order chi connectivity index (χ0) is 18.6. The van der Waals surface area contributed by atoms with E-state index in [9.17, 15) is 4.79 Å². The minimum Gasteiger partial charge on any atom is -0.481 e. The average Bonchev–Trinajstić information content (AvgIpc) is 3.39. The molecule has 0 aliphatic heterocycles. The highest BCUT2D eigenvalue weighted by atomic mass is 16.5. The van der Waals surface area contributed by atoms with Crippen molar-refractivity contribution in [2.45, 2.75) is 18.9 Å². The van der Waals surface area contributed by atoms with Gasteiger partial charge < -0.3 is 15.4 Å². The first kappa shape index (κ1) is 17.0. The van der Waals surface area contributed by atoms with Crippen LogP contribution in [0.2, 0.25) is 0 Å². The Morgan fingerprint density at radius 2 is 2.19 bits per heavy atom. The number of amides is 2. The molecule has 3 aromatic rings. The average molecular weight is 364 g/mol. The van der Waals surface area contributed by atoms with Crippen LogP contribution >= 0.6 is 0 Å². The highest BCUT2D eigenvalue weighted by Gasteiger charge is 2.33. The topological polar surface area (TPSA) is 94.0 Å². The van der Waals surface area contributed by atoms with Gasteiger partial charge in [0.15, 0.2) is 0 Å². The summed E-state index contributed by atoms with van der Waals surface area (Å²) < 4.78 is 6.74. The van der Waals surface area contributed by atoms with Crippen LogP contribution in [-0.4, -0.2) is 33.1 Å². The number of benzene rings is 1. The predicted molar refractivity (Wildman–Crippen MR) is 99.8 cm³/mol. The SMILES string of the molecule is COc1ccc(C(NC(=O)Nc2cccc(-n3ccnn3)c2)C2CC2)cn1. The van der Waals surface area contributed by atoms with E-state index >= 15 is 0 Å². The molecule has 2 heterocycles. The number of aromatic nitrogens is 4. The first-order valence-electron chi connectivity index (χ1n) is 8.77. The van der Waals surface area contributed by atoms with Crippen LogP contribution in [0.4, 0.5) is 10.5 Å². The Bertz CT molecular complexity index is 906. The van der Waals surface area contributed by atoms with Crippen molar-refractivity contribution in [2.24, 2.45) is 5.92 Å². The van der Waals surface area contributed by atoms with E-state index in [0.717, 1.165) is 24.1 Å². The molecule has 0 radical (unpaired) electrons. The molecule has 1 fully saturated rings. The maximum absolute atomic E-state index is 12.5. The van der Waals surface area contributed by atoms with Crippen molar-refractivity contribution in [2.75, 3.05) is 12.4 Å². The number of anilines is 1. The van der Waals surface area contributed by atoms with Gasteiger partial charge in [0.25, 0.3) is 0 Å². The molecule has 1 aromatic carbocycles. The van der Waals surface area contributed by atoms with Gasteiger partial charge in [-0.1, -0.05) is 17.3 Å². The van der Waals surface area contributed by atoms with Crippen molar-refractivity contribution in [1.29, 1.82) is 0 Å². The fourth-order valence-corrected chi connectivity index (χ4v) is 2.98. The fraction of sp³-hybridized carbons (Fsp3) is 0.263. The molecule has 1 aliphatic carbocycles. The van der Waals surface area contributed by atoms with Gasteiger partial charge >= 0.3 is 6.03 Å². The number of hydrogen-bond donors (Lipinski definition) is 2. The highest BCUT2D eigenvalue weighted by molar-refractivity contribution is 5.89. The molecule has 8 nitrogen and oxygen atoms in total. The maximum atomic E-state index is 12.5. The molecule has 2 N–H and O–H groups in total. The number of hydrogen-bond acceptors (Lipinski definition) is 5. The van der Waals surface area contributed by atoms with Crippen LogP contribution in [0.25, 0.3) is 5.69 Å². The minimum absolute atomic E-state index is 0.0677. The normalized spacial score (nSPS) is 14.4. The summed E-state index contributed by atoms with van der Waals surface area (Å²) in [5.41, 5.74) is 2.48. The lowest BCUT2D eigenvalue weighted by Crippen LogP contribution is -2.33. The first-order valence-corrected chi connectivity index (χ1v) is 8.77. The van der Waals surface area contributed by atoms with E-state index in [1.54, 1.807) is 30.4 Å². The fourth-order valence-electron chi connectivity index (χ4n) is 2.98. The Morgan fingerprint density at radius 3 is 2.85 bits per heavy atom. The Labute approximate surface area is 156 Å². The summed E-state index contributed by atoms with van der Waals surface area (Å²) in [5.74, 6) is 0.995. The summed E-state index contributed by atoms with van der Waals surface area (Å²) in [4.78, 5) is 16.8. The second-order valence-electron chi connectivity index (χ2n) is 6.45. The van der Waals surface area contributed by atoms with Crippen LogP contribution in [0.3, 0.4) is 0 Å². The van der Waals surface area contributed by atoms with Gasteiger partial charge in [-0.3, -0.25) is 0 Å². The Hall–Kier alpha value is -3.42. The molecule has 4 rings (SSSR count). The zero-order valence-electron chi connectivity index (χ0n) is 14.9. The highest BCUT2D eigenvalue weighted by Crippen LogP contribution is 2.41. The van der Waals surface area contributed by atoms with Gasteiger partial charge in [-0.25, -0.2) is 14.5 Å². The molecule has 1 saturated carbocycles. The predicted octanol–water partition coefficient (Wildman–Crippen LogP) is 2.94. The number of carbonyl (C=O) groups excluding carboxylic acids is 1. The quantitative estimate of drug-likeness (QED) is 0.701. The molecular formula is C19H20N6O2. The van der Waals surface area contributed by atoms with E-state index in [0.29, 0.717) is 17.5 Å². The van der Waals surface area contributed by atoms with Gasteiger partial charge in [-0.05, 0) is 42.5 Å². The minimum atomic E-state index is -0.251. The van der Waals surface area contributed by atoms with Crippen molar-refractivity contribution in [3.05, 3.63) is 60.6 Å². The largest absolute Gasteiger partial charge is 0.481 e. The second kappa shape index (κ2) is 7.45. The van der Waals surface area contributed by atoms with Crippen molar-refractivity contribution >= 4 is 11.7 Å². The van der Waals surface area contributed by atoms with Gasteiger partial charge in [0.2, 0.25) is 5.88 Å². The van der Waals surface area contributed by atoms with E-state index in [2.05, 4.69) is 25.9 Å². The lowest BCUT2D eigenvalue weighted by atomic mass is 10.0. The van der Waals surface area contributed by atoms with Gasteiger partial charge in [0.05, 0.1) is 31.2 Å². The smallest absolute Gasteiger partial charge is 0.319 e. The van der Waals surface area contributed by atoms with Crippen LogP contribution in [0.5, 0.6) is 5.88 Å². The molecule has 0 spiro atoms. The molecule has 8 heteroatoms. The van der Waals surface area contributed by atoms with Crippen LogP contribution in [0.15, 0.2) is 55.0 Å². The molecule has 2 aromatic heterocycles. The molecule has 1 unspecified atom stereocenters. The number of carbonyl (C=O) groups is 1. The van der Waals surface area contributed by atoms with Gasteiger partial charge in [0.1, 0.15) is 0 Å². The summed E-state index contributed by atoms with van der Waals surface area (Å²) in [7, 11) is 1.58. The van der Waals surface area contributed by atoms with Crippen molar-refractivity contribution in [1.82, 2.24) is 25.3 Å². The summed E-state index contributed by atoms with van der Waals surface area (Å²) in [6.07, 6.45) is 7.31. The third kappa shape index (κ3) is 4.05. The van der Waals surface area contributed by atoms with Crippen molar-refractivity contribution < 1.29 is 9.53 Å². The zero-order valence-corrected chi connectivity index (χ0v) is 14.9. The molecule has 138 valence electrons. The number of urea groups is 1. The summed E-state index contributed by atoms with van der Waals surface area (Å²) in [6.45, 7) is 0. The summed E-state index contributed by atoms with van der Waals surface area (Å²) in [5, 5.41) is 13.7. The monoisotopic (exact) mass is 364 g/mol. The van der Waals surface area contributed by atoms with Crippen LogP contribution in [-0.2, 0) is 0 Å². The van der Waals surface area contributed by atoms with Crippen LogP contribution in [0.1, 0.15) is 24.4 Å². The number of nitrogens with one attached hydrogen (secondary N) is 2. The van der Waals surface area contributed by atoms with Gasteiger partial charge in [-0.15, -0.1) is 5.10 Å². The number of methoxy groups -OCH3 is 1. The molecule has 1 aliphatic rings. The number of nitrogens with zero attached hydrogens (tertiary/aromatic N) is 4. The standard InChI is InChI=1S/C19H20N6O2/c1-27-17-8-7-14(12-20-17)18(13-5-6-13)23-19(26)22-15-3-2-4-16(11-15)25-10-9-21-24-25/h2-4,7-13,18H,5-6H2,1H3,(H2,22,23,26). The first-order chi connectivity index (χ1) is 13.2. The van der Waals surface area contributed by atoms with E-state index in [1.165, 1.54) is 0 Å². The maximum Gasteiger partial charge on any atom is 0.319 e. The Morgan fingerprint density at radius 1 is 1.30 bits per heavy atom. The summed E-state index contributed by atoms with van der Waals surface area (Å²) in [6, 6.07) is 10.9. The number of ether oxygens (including phenoxy) is 1. The van der Waals surface area contributed by atoms with E-state index < -0.39 is 0 Å². The molecule has 0 saturated heterocycles. The number of pyridine rings is 1. The van der Waals surface area contributed by atoms with Crippen LogP contribution in [0, 0.1) is 5.92 Å².